The number of amides is 1. The normalized spacial score (nSPS) is 15.5. The highest BCUT2D eigenvalue weighted by molar-refractivity contribution is 6.00. The summed E-state index contributed by atoms with van der Waals surface area (Å²) in [5, 5.41) is 7.56. The molecule has 1 N–H and O–H groups in total. The van der Waals surface area contributed by atoms with E-state index < -0.39 is 0 Å². The molecule has 5 heteroatoms. The lowest BCUT2D eigenvalue weighted by atomic mass is 9.95. The molecular formula is C25H22N4O. The minimum absolute atomic E-state index is 0.0294. The van der Waals surface area contributed by atoms with Gasteiger partial charge in [-0.3, -0.25) is 14.9 Å². The van der Waals surface area contributed by atoms with Crippen LogP contribution in [0.3, 0.4) is 0 Å². The number of hydrogen-bond acceptors (Lipinski definition) is 3. The molecule has 2 aromatic carbocycles. The Morgan fingerprint density at radius 3 is 2.20 bits per heavy atom. The number of fused-ring (bicyclic) bond motifs is 1. The molecule has 4 aromatic rings. The molecule has 30 heavy (non-hydrogen) atoms. The molecule has 3 heterocycles. The molecule has 1 unspecified atom stereocenters. The van der Waals surface area contributed by atoms with E-state index in [-0.39, 0.29) is 11.9 Å². The summed E-state index contributed by atoms with van der Waals surface area (Å²) in [6, 6.07) is 20.4. The molecule has 0 saturated carbocycles. The van der Waals surface area contributed by atoms with Crippen molar-refractivity contribution in [2.45, 2.75) is 26.4 Å². The van der Waals surface area contributed by atoms with Gasteiger partial charge in [-0.05, 0) is 37.1 Å². The van der Waals surface area contributed by atoms with Gasteiger partial charge in [-0.2, -0.15) is 5.10 Å². The highest BCUT2D eigenvalue weighted by atomic mass is 16.2. The Hall–Kier alpha value is -3.73. The molecule has 5 rings (SSSR count). The number of carbonyl (C=O) groups excluding carboxylic acids is 1. The van der Waals surface area contributed by atoms with Crippen LogP contribution in [0.4, 0.5) is 0 Å². The van der Waals surface area contributed by atoms with Gasteiger partial charge >= 0.3 is 0 Å². The average molecular weight is 394 g/mol. The van der Waals surface area contributed by atoms with Gasteiger partial charge in [0.05, 0.1) is 11.7 Å². The zero-order valence-electron chi connectivity index (χ0n) is 17.0. The summed E-state index contributed by atoms with van der Waals surface area (Å²) in [4.78, 5) is 19.4. The SMILES string of the molecule is Cc1ccc(-c2n[nH]c3c2C(c2ccc(C)cc2)N(Cc2ccncc2)C3=O)cc1. The first kappa shape index (κ1) is 18.3. The van der Waals surface area contributed by atoms with E-state index in [1.165, 1.54) is 11.1 Å². The van der Waals surface area contributed by atoms with Gasteiger partial charge in [0.2, 0.25) is 0 Å². The topological polar surface area (TPSA) is 61.9 Å². The fourth-order valence-electron chi connectivity index (χ4n) is 4.07. The van der Waals surface area contributed by atoms with Crippen LogP contribution in [0.2, 0.25) is 0 Å². The Kier molecular flexibility index (Phi) is 4.43. The van der Waals surface area contributed by atoms with Gasteiger partial charge in [0.25, 0.3) is 5.91 Å². The number of aromatic amines is 1. The number of aromatic nitrogens is 3. The van der Waals surface area contributed by atoms with Crippen molar-refractivity contribution in [2.75, 3.05) is 0 Å². The molecule has 1 aliphatic heterocycles. The Morgan fingerprint density at radius 1 is 0.900 bits per heavy atom. The summed E-state index contributed by atoms with van der Waals surface area (Å²) >= 11 is 0. The van der Waals surface area contributed by atoms with Crippen LogP contribution in [0.1, 0.15) is 44.3 Å². The maximum atomic E-state index is 13.4. The van der Waals surface area contributed by atoms with Crippen LogP contribution in [0.5, 0.6) is 0 Å². The van der Waals surface area contributed by atoms with Gasteiger partial charge in [0, 0.05) is 30.1 Å². The molecule has 1 aliphatic rings. The van der Waals surface area contributed by atoms with Crippen LogP contribution in [-0.2, 0) is 6.54 Å². The summed E-state index contributed by atoms with van der Waals surface area (Å²) in [5.41, 5.74) is 7.87. The van der Waals surface area contributed by atoms with Crippen molar-refractivity contribution in [1.82, 2.24) is 20.1 Å². The number of carbonyl (C=O) groups is 1. The molecule has 0 bridgehead atoms. The van der Waals surface area contributed by atoms with E-state index in [2.05, 4.69) is 77.6 Å². The monoisotopic (exact) mass is 394 g/mol. The van der Waals surface area contributed by atoms with E-state index in [0.717, 1.165) is 27.9 Å². The number of nitrogens with one attached hydrogen (secondary N) is 1. The Balaban J connectivity index is 1.64. The lowest BCUT2D eigenvalue weighted by Gasteiger charge is -2.26. The van der Waals surface area contributed by atoms with E-state index in [9.17, 15) is 4.79 Å². The van der Waals surface area contributed by atoms with Gasteiger partial charge in [0.1, 0.15) is 5.69 Å². The molecule has 0 aliphatic carbocycles. The number of hydrogen-bond donors (Lipinski definition) is 1. The third kappa shape index (κ3) is 3.08. The number of H-pyrrole nitrogens is 1. The second-order valence-corrected chi connectivity index (χ2v) is 7.83. The van der Waals surface area contributed by atoms with Crippen molar-refractivity contribution >= 4 is 5.91 Å². The van der Waals surface area contributed by atoms with Crippen molar-refractivity contribution in [2.24, 2.45) is 0 Å². The molecule has 5 nitrogen and oxygen atoms in total. The summed E-state index contributed by atoms with van der Waals surface area (Å²) in [6.07, 6.45) is 3.52. The van der Waals surface area contributed by atoms with Crippen molar-refractivity contribution < 1.29 is 4.79 Å². The summed E-state index contributed by atoms with van der Waals surface area (Å²) in [6.45, 7) is 4.64. The van der Waals surface area contributed by atoms with Gasteiger partial charge in [-0.25, -0.2) is 0 Å². The average Bonchev–Trinajstić information content (AvgIpc) is 3.30. The second kappa shape index (κ2) is 7.26. The predicted octanol–water partition coefficient (Wildman–Crippen LogP) is 4.83. The quantitative estimate of drug-likeness (QED) is 0.539. The van der Waals surface area contributed by atoms with Crippen LogP contribution in [-0.4, -0.2) is 26.0 Å². The summed E-state index contributed by atoms with van der Waals surface area (Å²) in [7, 11) is 0. The number of pyridine rings is 1. The molecule has 0 radical (unpaired) electrons. The van der Waals surface area contributed by atoms with Crippen LogP contribution < -0.4 is 0 Å². The second-order valence-electron chi connectivity index (χ2n) is 7.83. The van der Waals surface area contributed by atoms with E-state index in [1.54, 1.807) is 12.4 Å². The van der Waals surface area contributed by atoms with Crippen LogP contribution >= 0.6 is 0 Å². The van der Waals surface area contributed by atoms with Crippen molar-refractivity contribution in [1.29, 1.82) is 0 Å². The van der Waals surface area contributed by atoms with Crippen molar-refractivity contribution in [3.63, 3.8) is 0 Å². The Bertz CT molecular complexity index is 1190. The molecule has 0 saturated heterocycles. The summed E-state index contributed by atoms with van der Waals surface area (Å²) < 4.78 is 0. The van der Waals surface area contributed by atoms with Crippen molar-refractivity contribution in [3.05, 3.63) is 107 Å². The van der Waals surface area contributed by atoms with Crippen LogP contribution in [0, 0.1) is 13.8 Å². The van der Waals surface area contributed by atoms with Gasteiger partial charge in [-0.1, -0.05) is 59.7 Å². The fraction of sp³-hybridized carbons (Fsp3) is 0.160. The smallest absolute Gasteiger partial charge is 0.273 e. The van der Waals surface area contributed by atoms with E-state index in [0.29, 0.717) is 12.2 Å². The molecular weight excluding hydrogens is 372 g/mol. The van der Waals surface area contributed by atoms with Crippen LogP contribution in [0.25, 0.3) is 11.3 Å². The van der Waals surface area contributed by atoms with Gasteiger partial charge in [-0.15, -0.1) is 0 Å². The highest BCUT2D eigenvalue weighted by Gasteiger charge is 2.42. The van der Waals surface area contributed by atoms with Gasteiger partial charge < -0.3 is 4.90 Å². The number of aryl methyl sites for hydroxylation is 2. The third-order valence-electron chi connectivity index (χ3n) is 5.68. The Morgan fingerprint density at radius 2 is 1.53 bits per heavy atom. The van der Waals surface area contributed by atoms with E-state index in [1.807, 2.05) is 17.0 Å². The minimum Gasteiger partial charge on any atom is -0.322 e. The maximum Gasteiger partial charge on any atom is 0.273 e. The number of nitrogens with zero attached hydrogens (tertiary/aromatic N) is 3. The highest BCUT2D eigenvalue weighted by Crippen LogP contribution is 2.43. The van der Waals surface area contributed by atoms with Crippen LogP contribution in [0.15, 0.2) is 73.1 Å². The lowest BCUT2D eigenvalue weighted by Crippen LogP contribution is -2.29. The maximum absolute atomic E-state index is 13.4. The molecule has 0 fully saturated rings. The zero-order valence-corrected chi connectivity index (χ0v) is 17.0. The molecule has 2 aromatic heterocycles. The first-order chi connectivity index (χ1) is 14.6. The largest absolute Gasteiger partial charge is 0.322 e. The first-order valence-corrected chi connectivity index (χ1v) is 10.0. The lowest BCUT2D eigenvalue weighted by molar-refractivity contribution is 0.0730. The van der Waals surface area contributed by atoms with E-state index in [4.69, 9.17) is 0 Å². The number of benzene rings is 2. The molecule has 1 atom stereocenters. The third-order valence-corrected chi connectivity index (χ3v) is 5.68. The Labute approximate surface area is 175 Å². The van der Waals surface area contributed by atoms with Gasteiger partial charge in [0.15, 0.2) is 0 Å². The number of rotatable bonds is 4. The van der Waals surface area contributed by atoms with E-state index >= 15 is 0 Å². The molecule has 148 valence electrons. The van der Waals surface area contributed by atoms with Crippen molar-refractivity contribution in [3.8, 4) is 11.3 Å². The molecule has 0 spiro atoms. The zero-order chi connectivity index (χ0) is 20.7. The first-order valence-electron chi connectivity index (χ1n) is 10.0. The standard InChI is InChI=1S/C25H22N4O/c1-16-3-7-19(8-4-16)22-21-23(28-27-22)25(30)29(15-18-11-13-26-14-12-18)24(21)20-9-5-17(2)6-10-20/h3-14,24H,15H2,1-2H3,(H,27,28). The minimum atomic E-state index is -0.198. The molecule has 1 amide bonds. The summed E-state index contributed by atoms with van der Waals surface area (Å²) in [5.74, 6) is -0.0294. The fourth-order valence-corrected chi connectivity index (χ4v) is 4.07. The predicted molar refractivity (Wildman–Crippen MR) is 116 cm³/mol.